The van der Waals surface area contributed by atoms with E-state index in [1.807, 2.05) is 36.4 Å². The summed E-state index contributed by atoms with van der Waals surface area (Å²) in [5, 5.41) is 0. The van der Waals surface area contributed by atoms with Crippen LogP contribution in [0, 0.1) is 0 Å². The molecule has 1 atom stereocenters. The summed E-state index contributed by atoms with van der Waals surface area (Å²) in [5.74, 6) is 0. The van der Waals surface area contributed by atoms with E-state index >= 15 is 0 Å². The molecule has 0 saturated heterocycles. The van der Waals surface area contributed by atoms with Gasteiger partial charge in [0.1, 0.15) is 0 Å². The Hall–Kier alpha value is -1.54. The van der Waals surface area contributed by atoms with Gasteiger partial charge in [-0.25, -0.2) is 0 Å². The van der Waals surface area contributed by atoms with Gasteiger partial charge in [0, 0.05) is 6.04 Å². The van der Waals surface area contributed by atoms with Crippen molar-refractivity contribution < 1.29 is 4.42 Å². The van der Waals surface area contributed by atoms with Gasteiger partial charge in [-0.2, -0.15) is 0 Å². The fourth-order valence-electron chi connectivity index (χ4n) is 1.48. The van der Waals surface area contributed by atoms with Crippen molar-refractivity contribution in [2.45, 2.75) is 12.5 Å². The minimum Gasteiger partial charge on any atom is -0.472 e. The molecule has 0 saturated carbocycles. The normalized spacial score (nSPS) is 12.6. The molecular formula is C12H13NO. The van der Waals surface area contributed by atoms with Crippen molar-refractivity contribution in [2.24, 2.45) is 5.73 Å². The Morgan fingerprint density at radius 2 is 1.93 bits per heavy atom. The minimum atomic E-state index is 0.0498. The third-order valence-electron chi connectivity index (χ3n) is 2.26. The van der Waals surface area contributed by atoms with Crippen LogP contribution < -0.4 is 5.73 Å². The Kier molecular flexibility index (Phi) is 2.65. The first-order chi connectivity index (χ1) is 6.86. The first kappa shape index (κ1) is 9.03. The number of hydrogen-bond acceptors (Lipinski definition) is 2. The lowest BCUT2D eigenvalue weighted by molar-refractivity contribution is 0.561. The molecule has 1 aromatic carbocycles. The molecule has 0 radical (unpaired) electrons. The van der Waals surface area contributed by atoms with Crippen molar-refractivity contribution >= 4 is 0 Å². The van der Waals surface area contributed by atoms with E-state index in [-0.39, 0.29) is 6.04 Å². The Balaban J connectivity index is 2.07. The summed E-state index contributed by atoms with van der Waals surface area (Å²) in [6.45, 7) is 0. The van der Waals surface area contributed by atoms with E-state index in [0.717, 1.165) is 17.5 Å². The number of nitrogens with two attached hydrogens (primary N) is 1. The van der Waals surface area contributed by atoms with Gasteiger partial charge >= 0.3 is 0 Å². The third kappa shape index (κ3) is 2.03. The summed E-state index contributed by atoms with van der Waals surface area (Å²) in [6.07, 6.45) is 4.23. The third-order valence-corrected chi connectivity index (χ3v) is 2.26. The largest absolute Gasteiger partial charge is 0.472 e. The summed E-state index contributed by atoms with van der Waals surface area (Å²) in [4.78, 5) is 0. The van der Waals surface area contributed by atoms with Gasteiger partial charge in [0.25, 0.3) is 0 Å². The summed E-state index contributed by atoms with van der Waals surface area (Å²) < 4.78 is 5.00. The fourth-order valence-corrected chi connectivity index (χ4v) is 1.48. The van der Waals surface area contributed by atoms with E-state index in [2.05, 4.69) is 0 Å². The van der Waals surface area contributed by atoms with Crippen LogP contribution in [0.25, 0.3) is 0 Å². The summed E-state index contributed by atoms with van der Waals surface area (Å²) >= 11 is 0. The standard InChI is InChI=1S/C12H13NO/c13-12(8-10-6-7-14-9-10)11-4-2-1-3-5-11/h1-7,9,12H,8,13H2. The first-order valence-corrected chi connectivity index (χ1v) is 4.68. The first-order valence-electron chi connectivity index (χ1n) is 4.68. The SMILES string of the molecule is NC(Cc1ccoc1)c1ccccc1. The van der Waals surface area contributed by atoms with Gasteiger partial charge in [0.15, 0.2) is 0 Å². The molecule has 1 heterocycles. The molecule has 2 N–H and O–H groups in total. The molecule has 0 amide bonds. The Morgan fingerprint density at radius 3 is 2.57 bits per heavy atom. The monoisotopic (exact) mass is 187 g/mol. The van der Waals surface area contributed by atoms with Crippen LogP contribution in [0.1, 0.15) is 17.2 Å². The van der Waals surface area contributed by atoms with E-state index in [4.69, 9.17) is 10.2 Å². The predicted octanol–water partition coefficient (Wildman–Crippen LogP) is 2.52. The van der Waals surface area contributed by atoms with E-state index in [1.54, 1.807) is 12.5 Å². The van der Waals surface area contributed by atoms with Crippen molar-refractivity contribution in [1.82, 2.24) is 0 Å². The summed E-state index contributed by atoms with van der Waals surface area (Å²) in [5.41, 5.74) is 8.35. The second kappa shape index (κ2) is 4.11. The van der Waals surface area contributed by atoms with Gasteiger partial charge in [-0.15, -0.1) is 0 Å². The van der Waals surface area contributed by atoms with Gasteiger partial charge < -0.3 is 10.2 Å². The van der Waals surface area contributed by atoms with Gasteiger partial charge in [-0.3, -0.25) is 0 Å². The Labute approximate surface area is 83.4 Å². The van der Waals surface area contributed by atoms with Gasteiger partial charge in [-0.05, 0) is 23.6 Å². The zero-order valence-electron chi connectivity index (χ0n) is 7.89. The summed E-state index contributed by atoms with van der Waals surface area (Å²) in [6, 6.07) is 12.1. The lowest BCUT2D eigenvalue weighted by Crippen LogP contribution is -2.12. The zero-order chi connectivity index (χ0) is 9.80. The molecule has 1 unspecified atom stereocenters. The van der Waals surface area contributed by atoms with Crippen molar-refractivity contribution in [1.29, 1.82) is 0 Å². The number of furan rings is 1. The van der Waals surface area contributed by atoms with Crippen molar-refractivity contribution in [3.63, 3.8) is 0 Å². The maximum absolute atomic E-state index is 6.04. The van der Waals surface area contributed by atoms with Gasteiger partial charge in [-0.1, -0.05) is 30.3 Å². The zero-order valence-corrected chi connectivity index (χ0v) is 7.89. The molecule has 14 heavy (non-hydrogen) atoms. The van der Waals surface area contributed by atoms with Crippen LogP contribution in [0.5, 0.6) is 0 Å². The maximum atomic E-state index is 6.04. The van der Waals surface area contributed by atoms with Crippen LogP contribution in [-0.4, -0.2) is 0 Å². The molecular weight excluding hydrogens is 174 g/mol. The van der Waals surface area contributed by atoms with Crippen LogP contribution in [-0.2, 0) is 6.42 Å². The molecule has 0 aliphatic heterocycles. The van der Waals surface area contributed by atoms with Crippen molar-refractivity contribution in [3.05, 3.63) is 60.1 Å². The molecule has 2 heteroatoms. The van der Waals surface area contributed by atoms with E-state index in [9.17, 15) is 0 Å². The molecule has 0 aliphatic carbocycles. The molecule has 0 bridgehead atoms. The molecule has 2 aromatic rings. The summed E-state index contributed by atoms with van der Waals surface area (Å²) in [7, 11) is 0. The lowest BCUT2D eigenvalue weighted by atomic mass is 10.0. The highest BCUT2D eigenvalue weighted by molar-refractivity contribution is 5.21. The van der Waals surface area contributed by atoms with Crippen molar-refractivity contribution in [3.8, 4) is 0 Å². The molecule has 72 valence electrons. The average Bonchev–Trinajstić information content (AvgIpc) is 2.72. The molecule has 0 fully saturated rings. The fraction of sp³-hybridized carbons (Fsp3) is 0.167. The molecule has 0 aliphatic rings. The van der Waals surface area contributed by atoms with Crippen molar-refractivity contribution in [2.75, 3.05) is 0 Å². The topological polar surface area (TPSA) is 39.2 Å². The maximum Gasteiger partial charge on any atom is 0.0935 e. The number of hydrogen-bond donors (Lipinski definition) is 1. The predicted molar refractivity (Wildman–Crippen MR) is 55.8 cm³/mol. The molecule has 2 nitrogen and oxygen atoms in total. The Morgan fingerprint density at radius 1 is 1.14 bits per heavy atom. The van der Waals surface area contributed by atoms with Crippen LogP contribution in [0.2, 0.25) is 0 Å². The average molecular weight is 187 g/mol. The Bertz CT molecular complexity index is 366. The van der Waals surface area contributed by atoms with E-state index < -0.39 is 0 Å². The van der Waals surface area contributed by atoms with Crippen LogP contribution in [0.3, 0.4) is 0 Å². The molecule has 2 rings (SSSR count). The van der Waals surface area contributed by atoms with E-state index in [1.165, 1.54) is 0 Å². The molecule has 1 aromatic heterocycles. The second-order valence-electron chi connectivity index (χ2n) is 3.35. The number of benzene rings is 1. The van der Waals surface area contributed by atoms with Gasteiger partial charge in [0.05, 0.1) is 12.5 Å². The van der Waals surface area contributed by atoms with E-state index in [0.29, 0.717) is 0 Å². The quantitative estimate of drug-likeness (QED) is 0.801. The highest BCUT2D eigenvalue weighted by Crippen LogP contribution is 2.15. The number of rotatable bonds is 3. The van der Waals surface area contributed by atoms with Crippen LogP contribution >= 0.6 is 0 Å². The lowest BCUT2D eigenvalue weighted by Gasteiger charge is -2.09. The van der Waals surface area contributed by atoms with Crippen LogP contribution in [0.15, 0.2) is 53.3 Å². The molecule has 0 spiro atoms. The minimum absolute atomic E-state index is 0.0498. The van der Waals surface area contributed by atoms with Crippen LogP contribution in [0.4, 0.5) is 0 Å². The smallest absolute Gasteiger partial charge is 0.0935 e. The second-order valence-corrected chi connectivity index (χ2v) is 3.35. The highest BCUT2D eigenvalue weighted by atomic mass is 16.3. The van der Waals surface area contributed by atoms with Gasteiger partial charge in [0.2, 0.25) is 0 Å². The highest BCUT2D eigenvalue weighted by Gasteiger charge is 2.06.